The first kappa shape index (κ1) is 14.2. The Bertz CT molecular complexity index is 542. The third-order valence-corrected chi connectivity index (χ3v) is 3.02. The van der Waals surface area contributed by atoms with Gasteiger partial charge in [-0.05, 0) is 19.9 Å². The molecular formula is C14H19N3O3. The van der Waals surface area contributed by atoms with E-state index in [9.17, 15) is 9.59 Å². The molecule has 1 atom stereocenters. The van der Waals surface area contributed by atoms with Crippen LogP contribution in [-0.2, 0) is 9.59 Å². The SMILES string of the molecule is CC(C)Oc1cc(N)cc(NC2CC(=O)N(C)C2=O)c1. The summed E-state index contributed by atoms with van der Waals surface area (Å²) < 4.78 is 5.59. The standard InChI is InChI=1S/C14H19N3O3/c1-8(2)20-11-5-9(15)4-10(6-11)16-12-7-13(18)17(3)14(12)19/h4-6,8,12,16H,7,15H2,1-3H3. The van der Waals surface area contributed by atoms with Gasteiger partial charge in [0.2, 0.25) is 5.91 Å². The first-order valence-electron chi connectivity index (χ1n) is 6.51. The maximum Gasteiger partial charge on any atom is 0.251 e. The molecule has 1 aromatic rings. The smallest absolute Gasteiger partial charge is 0.251 e. The highest BCUT2D eigenvalue weighted by molar-refractivity contribution is 6.06. The van der Waals surface area contributed by atoms with Crippen LogP contribution in [0.5, 0.6) is 5.75 Å². The van der Waals surface area contributed by atoms with Crippen molar-refractivity contribution in [2.24, 2.45) is 0 Å². The Kier molecular flexibility index (Phi) is 3.83. The third-order valence-electron chi connectivity index (χ3n) is 3.02. The number of ether oxygens (including phenoxy) is 1. The third kappa shape index (κ3) is 3.01. The Morgan fingerprint density at radius 3 is 2.60 bits per heavy atom. The highest BCUT2D eigenvalue weighted by atomic mass is 16.5. The lowest BCUT2D eigenvalue weighted by atomic mass is 10.2. The highest BCUT2D eigenvalue weighted by Crippen LogP contribution is 2.25. The lowest BCUT2D eigenvalue weighted by molar-refractivity contribution is -0.136. The number of carbonyl (C=O) groups excluding carboxylic acids is 2. The number of hydrogen-bond acceptors (Lipinski definition) is 5. The van der Waals surface area contributed by atoms with Crippen molar-refractivity contribution in [2.75, 3.05) is 18.1 Å². The highest BCUT2D eigenvalue weighted by Gasteiger charge is 2.35. The second-order valence-corrected chi connectivity index (χ2v) is 5.15. The molecule has 0 radical (unpaired) electrons. The number of anilines is 2. The van der Waals surface area contributed by atoms with Gasteiger partial charge in [-0.15, -0.1) is 0 Å². The molecule has 0 aliphatic carbocycles. The zero-order valence-electron chi connectivity index (χ0n) is 11.8. The largest absolute Gasteiger partial charge is 0.491 e. The van der Waals surface area contributed by atoms with Crippen molar-refractivity contribution in [1.82, 2.24) is 4.90 Å². The molecule has 3 N–H and O–H groups in total. The Balaban J connectivity index is 2.15. The molecule has 1 fully saturated rings. The van der Waals surface area contributed by atoms with Gasteiger partial charge in [-0.3, -0.25) is 14.5 Å². The molecule has 2 amide bonds. The fourth-order valence-corrected chi connectivity index (χ4v) is 2.12. The number of likely N-dealkylation sites (tertiary alicyclic amines) is 1. The van der Waals surface area contributed by atoms with Crippen molar-refractivity contribution in [3.8, 4) is 5.75 Å². The maximum atomic E-state index is 11.8. The average molecular weight is 277 g/mol. The van der Waals surface area contributed by atoms with E-state index < -0.39 is 6.04 Å². The van der Waals surface area contributed by atoms with Gasteiger partial charge in [0.15, 0.2) is 0 Å². The Hall–Kier alpha value is -2.24. The summed E-state index contributed by atoms with van der Waals surface area (Å²) in [5, 5.41) is 3.03. The number of imide groups is 1. The number of likely N-dealkylation sites (N-methyl/N-ethyl adjacent to an activating group) is 1. The zero-order chi connectivity index (χ0) is 14.9. The molecule has 2 rings (SSSR count). The summed E-state index contributed by atoms with van der Waals surface area (Å²) in [5.41, 5.74) is 7.02. The van der Waals surface area contributed by atoms with E-state index >= 15 is 0 Å². The molecule has 1 unspecified atom stereocenters. The fourth-order valence-electron chi connectivity index (χ4n) is 2.12. The topological polar surface area (TPSA) is 84.7 Å². The molecule has 1 aliphatic rings. The predicted molar refractivity (Wildman–Crippen MR) is 76.4 cm³/mol. The first-order chi connectivity index (χ1) is 9.36. The summed E-state index contributed by atoms with van der Waals surface area (Å²) in [6.07, 6.45) is 0.190. The quantitative estimate of drug-likeness (QED) is 0.638. The number of amides is 2. The summed E-state index contributed by atoms with van der Waals surface area (Å²) >= 11 is 0. The molecule has 6 nitrogen and oxygen atoms in total. The second-order valence-electron chi connectivity index (χ2n) is 5.15. The van der Waals surface area contributed by atoms with Crippen LogP contribution in [0.15, 0.2) is 18.2 Å². The summed E-state index contributed by atoms with van der Waals surface area (Å²) in [7, 11) is 1.49. The molecule has 0 aromatic heterocycles. The number of nitrogens with two attached hydrogens (primary N) is 1. The summed E-state index contributed by atoms with van der Waals surface area (Å²) in [6, 6.07) is 4.66. The van der Waals surface area contributed by atoms with Crippen LogP contribution in [0.4, 0.5) is 11.4 Å². The van der Waals surface area contributed by atoms with Gasteiger partial charge in [0.25, 0.3) is 5.91 Å². The van der Waals surface area contributed by atoms with E-state index in [1.54, 1.807) is 18.2 Å². The molecule has 0 saturated carbocycles. The molecular weight excluding hydrogens is 258 g/mol. The first-order valence-corrected chi connectivity index (χ1v) is 6.51. The average Bonchev–Trinajstić information content (AvgIpc) is 2.55. The Labute approximate surface area is 117 Å². The van der Waals surface area contributed by atoms with Crippen LogP contribution in [0.25, 0.3) is 0 Å². The monoisotopic (exact) mass is 277 g/mol. The van der Waals surface area contributed by atoms with E-state index in [-0.39, 0.29) is 24.3 Å². The summed E-state index contributed by atoms with van der Waals surface area (Å²) in [5.74, 6) is 0.214. The van der Waals surface area contributed by atoms with Crippen LogP contribution in [0.1, 0.15) is 20.3 Å². The second kappa shape index (κ2) is 5.40. The number of carbonyl (C=O) groups is 2. The number of nitrogen functional groups attached to an aromatic ring is 1. The lowest BCUT2D eigenvalue weighted by Crippen LogP contribution is -2.31. The van der Waals surface area contributed by atoms with Crippen LogP contribution in [-0.4, -0.2) is 35.9 Å². The van der Waals surface area contributed by atoms with Gasteiger partial charge >= 0.3 is 0 Å². The van der Waals surface area contributed by atoms with Crippen molar-refractivity contribution >= 4 is 23.2 Å². The van der Waals surface area contributed by atoms with Crippen molar-refractivity contribution in [3.05, 3.63) is 18.2 Å². The van der Waals surface area contributed by atoms with Gasteiger partial charge in [-0.1, -0.05) is 0 Å². The van der Waals surface area contributed by atoms with Gasteiger partial charge in [-0.25, -0.2) is 0 Å². The number of rotatable bonds is 4. The molecule has 1 heterocycles. The van der Waals surface area contributed by atoms with Crippen molar-refractivity contribution in [3.63, 3.8) is 0 Å². The lowest BCUT2D eigenvalue weighted by Gasteiger charge is -2.15. The van der Waals surface area contributed by atoms with Gasteiger partial charge < -0.3 is 15.8 Å². The van der Waals surface area contributed by atoms with Gasteiger partial charge in [0.1, 0.15) is 11.8 Å². The minimum absolute atomic E-state index is 0.0328. The van der Waals surface area contributed by atoms with Crippen LogP contribution in [0.2, 0.25) is 0 Å². The summed E-state index contributed by atoms with van der Waals surface area (Å²) in [4.78, 5) is 24.5. The normalized spacial score (nSPS) is 18.8. The molecule has 1 saturated heterocycles. The van der Waals surface area contributed by atoms with Crippen LogP contribution in [0.3, 0.4) is 0 Å². The number of nitrogens with zero attached hydrogens (tertiary/aromatic N) is 1. The number of hydrogen-bond donors (Lipinski definition) is 2. The molecule has 0 spiro atoms. The van der Waals surface area contributed by atoms with Crippen LogP contribution < -0.4 is 15.8 Å². The van der Waals surface area contributed by atoms with E-state index in [0.717, 1.165) is 4.90 Å². The Morgan fingerprint density at radius 2 is 2.05 bits per heavy atom. The summed E-state index contributed by atoms with van der Waals surface area (Å²) in [6.45, 7) is 3.84. The molecule has 20 heavy (non-hydrogen) atoms. The van der Waals surface area contributed by atoms with E-state index in [2.05, 4.69) is 5.32 Å². The van der Waals surface area contributed by atoms with Gasteiger partial charge in [0, 0.05) is 30.6 Å². The Morgan fingerprint density at radius 1 is 1.35 bits per heavy atom. The number of nitrogens with one attached hydrogen (secondary N) is 1. The van der Waals surface area contributed by atoms with E-state index in [4.69, 9.17) is 10.5 Å². The molecule has 108 valence electrons. The van der Waals surface area contributed by atoms with Gasteiger partial charge in [0.05, 0.1) is 12.5 Å². The zero-order valence-corrected chi connectivity index (χ0v) is 11.8. The molecule has 1 aliphatic heterocycles. The van der Waals surface area contributed by atoms with Crippen LogP contribution >= 0.6 is 0 Å². The van der Waals surface area contributed by atoms with E-state index in [1.165, 1.54) is 7.05 Å². The van der Waals surface area contributed by atoms with Crippen molar-refractivity contribution < 1.29 is 14.3 Å². The molecule has 6 heteroatoms. The predicted octanol–water partition coefficient (Wildman–Crippen LogP) is 1.23. The van der Waals surface area contributed by atoms with Crippen LogP contribution in [0, 0.1) is 0 Å². The fraction of sp³-hybridized carbons (Fsp3) is 0.429. The minimum atomic E-state index is -0.541. The molecule has 1 aromatic carbocycles. The van der Waals surface area contributed by atoms with E-state index in [1.807, 2.05) is 13.8 Å². The minimum Gasteiger partial charge on any atom is -0.491 e. The molecule has 0 bridgehead atoms. The van der Waals surface area contributed by atoms with Crippen molar-refractivity contribution in [1.29, 1.82) is 0 Å². The van der Waals surface area contributed by atoms with Crippen molar-refractivity contribution in [2.45, 2.75) is 32.4 Å². The number of benzene rings is 1. The van der Waals surface area contributed by atoms with E-state index in [0.29, 0.717) is 17.1 Å². The van der Waals surface area contributed by atoms with Gasteiger partial charge in [-0.2, -0.15) is 0 Å². The maximum absolute atomic E-state index is 11.8.